The van der Waals surface area contributed by atoms with Gasteiger partial charge in [0.2, 0.25) is 0 Å². The lowest BCUT2D eigenvalue weighted by molar-refractivity contribution is -0.274. The van der Waals surface area contributed by atoms with Gasteiger partial charge in [-0.3, -0.25) is 4.90 Å². The van der Waals surface area contributed by atoms with Crippen molar-refractivity contribution in [2.45, 2.75) is 58.1 Å². The van der Waals surface area contributed by atoms with Crippen LogP contribution in [0.1, 0.15) is 12.8 Å². The minimum absolute atomic E-state index is 0.00869. The van der Waals surface area contributed by atoms with Gasteiger partial charge < -0.3 is 14.7 Å². The maximum atomic E-state index is 13.5. The standard InChI is InChI=1S/C27H27F3N4O3S2/c28-27(29,30)37-18-11-13-19(14-12-18)39(31,36)32-20-15-33(17-9-10-17)16-23(26(20)35)34-21-5-1-3-7-24(21)38-25-8-4-2-6-22(25)34/h1-8,11-14,17,20,23,26,35H,9-10,15-16H2,(H2,31,32,36). The number of piperidine rings is 1. The quantitative estimate of drug-likeness (QED) is 0.366. The Morgan fingerprint density at radius 1 is 0.949 bits per heavy atom. The van der Waals surface area contributed by atoms with Crippen LogP contribution in [0.5, 0.6) is 5.75 Å². The number of benzene rings is 3. The Bertz CT molecular complexity index is 1420. The topological polar surface area (TPSA) is 88.9 Å². The maximum absolute atomic E-state index is 13.5. The fourth-order valence-corrected chi connectivity index (χ4v) is 7.70. The van der Waals surface area contributed by atoms with E-state index in [4.69, 9.17) is 4.78 Å². The van der Waals surface area contributed by atoms with Crippen molar-refractivity contribution in [2.24, 2.45) is 0 Å². The number of aliphatic hydroxyl groups is 1. The first kappa shape index (κ1) is 26.5. The average Bonchev–Trinajstić information content (AvgIpc) is 3.74. The van der Waals surface area contributed by atoms with E-state index >= 15 is 0 Å². The van der Waals surface area contributed by atoms with Crippen molar-refractivity contribution in [1.29, 1.82) is 4.78 Å². The molecule has 0 spiro atoms. The molecule has 2 fully saturated rings. The molecule has 3 N–H and O–H groups in total. The summed E-state index contributed by atoms with van der Waals surface area (Å²) in [7, 11) is -3.65. The second kappa shape index (κ2) is 10.0. The zero-order chi connectivity index (χ0) is 27.4. The fraction of sp³-hybridized carbons (Fsp3) is 0.333. The van der Waals surface area contributed by atoms with Crippen molar-refractivity contribution in [1.82, 2.24) is 9.62 Å². The van der Waals surface area contributed by atoms with Crippen LogP contribution in [-0.2, 0) is 9.92 Å². The molecule has 1 saturated heterocycles. The summed E-state index contributed by atoms with van der Waals surface area (Å²) in [5, 5.41) is 11.7. The van der Waals surface area contributed by atoms with Gasteiger partial charge in [0.25, 0.3) is 0 Å². The van der Waals surface area contributed by atoms with Crippen LogP contribution in [0.4, 0.5) is 24.5 Å². The Morgan fingerprint density at radius 2 is 1.54 bits per heavy atom. The number of nitrogens with zero attached hydrogens (tertiary/aromatic N) is 2. The van der Waals surface area contributed by atoms with E-state index in [9.17, 15) is 22.5 Å². The largest absolute Gasteiger partial charge is 0.573 e. The molecular weight excluding hydrogens is 549 g/mol. The highest BCUT2D eigenvalue weighted by Gasteiger charge is 2.46. The average molecular weight is 577 g/mol. The molecule has 0 amide bonds. The number of likely N-dealkylation sites (tertiary alicyclic amines) is 1. The molecule has 0 radical (unpaired) electrons. The molecule has 3 aromatic rings. The molecule has 3 aromatic carbocycles. The predicted molar refractivity (Wildman–Crippen MR) is 143 cm³/mol. The Kier molecular flexibility index (Phi) is 6.79. The summed E-state index contributed by atoms with van der Waals surface area (Å²) in [6.45, 7) is 0.999. The Labute approximate surface area is 229 Å². The van der Waals surface area contributed by atoms with Gasteiger partial charge in [-0.2, -0.15) is 0 Å². The number of hydrogen-bond donors (Lipinski definition) is 3. The highest BCUT2D eigenvalue weighted by Crippen LogP contribution is 2.50. The molecule has 39 heavy (non-hydrogen) atoms. The summed E-state index contributed by atoms with van der Waals surface area (Å²) in [4.78, 5) is 6.58. The Morgan fingerprint density at radius 3 is 2.10 bits per heavy atom. The van der Waals surface area contributed by atoms with Gasteiger partial charge in [0.15, 0.2) is 0 Å². The van der Waals surface area contributed by atoms with Gasteiger partial charge in [-0.25, -0.2) is 13.7 Å². The van der Waals surface area contributed by atoms with Crippen molar-refractivity contribution in [2.75, 3.05) is 18.0 Å². The van der Waals surface area contributed by atoms with Gasteiger partial charge in [0, 0.05) is 28.9 Å². The first-order valence-electron chi connectivity index (χ1n) is 12.6. The van der Waals surface area contributed by atoms with Gasteiger partial charge in [0.05, 0.1) is 34.5 Å². The number of alkyl halides is 3. The molecule has 0 bridgehead atoms. The van der Waals surface area contributed by atoms with Crippen molar-refractivity contribution >= 4 is 33.1 Å². The predicted octanol–water partition coefficient (Wildman–Crippen LogP) is 5.37. The summed E-state index contributed by atoms with van der Waals surface area (Å²) in [6.07, 6.45) is -3.76. The summed E-state index contributed by atoms with van der Waals surface area (Å²) in [5.74, 6) is -0.459. The van der Waals surface area contributed by atoms with Gasteiger partial charge in [-0.1, -0.05) is 36.0 Å². The number of hydrogen-bond acceptors (Lipinski definition) is 7. The Hall–Kier alpha value is -2.77. The van der Waals surface area contributed by atoms with Crippen LogP contribution in [0.2, 0.25) is 0 Å². The number of anilines is 2. The third kappa shape index (κ3) is 5.48. The van der Waals surface area contributed by atoms with Crippen LogP contribution in [0.25, 0.3) is 0 Å². The third-order valence-electron chi connectivity index (χ3n) is 7.23. The highest BCUT2D eigenvalue weighted by molar-refractivity contribution is 7.99. The van der Waals surface area contributed by atoms with Crippen LogP contribution in [0.15, 0.2) is 87.5 Å². The number of fused-ring (bicyclic) bond motifs is 2. The molecule has 4 unspecified atom stereocenters. The summed E-state index contributed by atoms with van der Waals surface area (Å²) in [5.41, 5.74) is 1.96. The van der Waals surface area contributed by atoms with Gasteiger partial charge >= 0.3 is 6.36 Å². The maximum Gasteiger partial charge on any atom is 0.573 e. The van der Waals surface area contributed by atoms with E-state index in [-0.39, 0.29) is 4.90 Å². The summed E-state index contributed by atoms with van der Waals surface area (Å²) < 4.78 is 66.5. The summed E-state index contributed by atoms with van der Waals surface area (Å²) in [6, 6.07) is 19.7. The molecule has 206 valence electrons. The molecule has 2 aliphatic heterocycles. The van der Waals surface area contributed by atoms with Gasteiger partial charge in [-0.15, -0.1) is 13.2 Å². The lowest BCUT2D eigenvalue weighted by Gasteiger charge is -2.48. The highest BCUT2D eigenvalue weighted by atomic mass is 32.2. The van der Waals surface area contributed by atoms with E-state index in [1.165, 1.54) is 12.1 Å². The van der Waals surface area contributed by atoms with E-state index in [2.05, 4.69) is 31.4 Å². The lowest BCUT2D eigenvalue weighted by Crippen LogP contribution is -2.65. The number of para-hydroxylation sites is 2. The molecule has 1 saturated carbocycles. The second-order valence-corrected chi connectivity index (χ2v) is 12.9. The first-order valence-corrected chi connectivity index (χ1v) is 15.0. The van der Waals surface area contributed by atoms with E-state index < -0.39 is 40.2 Å². The van der Waals surface area contributed by atoms with Crippen LogP contribution < -0.4 is 14.4 Å². The van der Waals surface area contributed by atoms with Crippen molar-refractivity contribution in [3.05, 3.63) is 72.8 Å². The number of rotatable bonds is 6. The lowest BCUT2D eigenvalue weighted by atomic mass is 9.94. The van der Waals surface area contributed by atoms with Crippen molar-refractivity contribution in [3.8, 4) is 5.75 Å². The smallest absolute Gasteiger partial charge is 0.406 e. The third-order valence-corrected chi connectivity index (χ3v) is 9.93. The molecule has 0 aromatic heterocycles. The van der Waals surface area contributed by atoms with E-state index in [1.807, 2.05) is 36.4 Å². The van der Waals surface area contributed by atoms with E-state index in [0.29, 0.717) is 19.1 Å². The number of aliphatic hydroxyl groups excluding tert-OH is 1. The number of ether oxygens (including phenoxy) is 1. The molecule has 3 aliphatic rings. The Balaban J connectivity index is 1.31. The van der Waals surface area contributed by atoms with E-state index in [1.54, 1.807) is 11.8 Å². The molecule has 4 atom stereocenters. The fourth-order valence-electron chi connectivity index (χ4n) is 5.34. The normalized spacial score (nSPS) is 24.9. The number of halogens is 3. The molecule has 2 heterocycles. The molecule has 12 heteroatoms. The minimum atomic E-state index is -4.85. The molecule has 7 nitrogen and oxygen atoms in total. The monoisotopic (exact) mass is 576 g/mol. The molecular formula is C27H27F3N4O3S2. The van der Waals surface area contributed by atoms with Crippen LogP contribution in [0.3, 0.4) is 0 Å². The second-order valence-electron chi connectivity index (χ2n) is 9.95. The van der Waals surface area contributed by atoms with Crippen molar-refractivity contribution in [3.63, 3.8) is 0 Å². The van der Waals surface area contributed by atoms with E-state index in [0.717, 1.165) is 46.1 Å². The minimum Gasteiger partial charge on any atom is -0.406 e. The molecule has 6 rings (SSSR count). The number of nitrogens with one attached hydrogen (secondary N) is 2. The van der Waals surface area contributed by atoms with Crippen LogP contribution in [0, 0.1) is 4.78 Å². The SMILES string of the molecule is N=S(=O)(NC1CN(C2CC2)CC(N2c3ccccc3Sc3ccccc32)C1O)c1ccc(OC(F)(F)F)cc1. The molecule has 1 aliphatic carbocycles. The van der Waals surface area contributed by atoms with Crippen molar-refractivity contribution < 1.29 is 27.2 Å². The summed E-state index contributed by atoms with van der Waals surface area (Å²) >= 11 is 1.67. The van der Waals surface area contributed by atoms with Crippen LogP contribution >= 0.6 is 11.8 Å². The van der Waals surface area contributed by atoms with Crippen LogP contribution in [-0.4, -0.2) is 57.9 Å². The van der Waals surface area contributed by atoms with Gasteiger partial charge in [-0.05, 0) is 61.4 Å². The zero-order valence-corrected chi connectivity index (χ0v) is 22.3. The zero-order valence-electron chi connectivity index (χ0n) is 20.7. The first-order chi connectivity index (χ1) is 18.6. The van der Waals surface area contributed by atoms with Gasteiger partial charge in [0.1, 0.15) is 15.7 Å².